The normalized spacial score (nSPS) is 11.2. The van der Waals surface area contributed by atoms with Gasteiger partial charge in [0.15, 0.2) is 0 Å². The van der Waals surface area contributed by atoms with Crippen molar-refractivity contribution >= 4 is 34.8 Å². The van der Waals surface area contributed by atoms with Gasteiger partial charge in [0, 0.05) is 24.0 Å². The molecule has 0 aromatic heterocycles. The van der Waals surface area contributed by atoms with Crippen molar-refractivity contribution in [2.24, 2.45) is 5.10 Å². The number of hydrogen-bond donors (Lipinski definition) is 3. The minimum Gasteiger partial charge on any atom is -0.450 e. The van der Waals surface area contributed by atoms with Crippen LogP contribution in [0.5, 0.6) is 0 Å². The molecule has 2 aromatic carbocycles. The Morgan fingerprint density at radius 1 is 1.22 bits per heavy atom. The molecule has 0 fully saturated rings. The van der Waals surface area contributed by atoms with Crippen molar-refractivity contribution in [2.75, 3.05) is 17.3 Å². The van der Waals surface area contributed by atoms with Gasteiger partial charge in [-0.1, -0.05) is 12.1 Å². The third-order valence-corrected chi connectivity index (χ3v) is 3.95. The Kier molecular flexibility index (Phi) is 8.44. The Hall–Kier alpha value is -4.72. The van der Waals surface area contributed by atoms with Crippen molar-refractivity contribution in [3.8, 4) is 6.07 Å². The van der Waals surface area contributed by atoms with E-state index in [0.717, 1.165) is 5.56 Å². The number of benzene rings is 2. The summed E-state index contributed by atoms with van der Waals surface area (Å²) in [6, 6.07) is 14.6. The number of carbonyl (C=O) groups excluding carboxylic acids is 2. The van der Waals surface area contributed by atoms with Crippen molar-refractivity contribution in [3.05, 3.63) is 76.0 Å². The third-order valence-electron chi connectivity index (χ3n) is 3.95. The second kappa shape index (κ2) is 11.5. The zero-order chi connectivity index (χ0) is 23.5. The smallest absolute Gasteiger partial charge is 0.414 e. The van der Waals surface area contributed by atoms with E-state index in [1.807, 2.05) is 11.4 Å². The average molecular weight is 436 g/mol. The van der Waals surface area contributed by atoms with Crippen LogP contribution in [-0.4, -0.2) is 29.2 Å². The summed E-state index contributed by atoms with van der Waals surface area (Å²) in [5.41, 5.74) is 5.02. The van der Waals surface area contributed by atoms with Gasteiger partial charge in [-0.05, 0) is 43.7 Å². The van der Waals surface area contributed by atoms with Gasteiger partial charge in [0.25, 0.3) is 11.6 Å². The molecule has 0 heterocycles. The summed E-state index contributed by atoms with van der Waals surface area (Å²) in [6.45, 7) is 3.45. The number of nitriles is 1. The van der Waals surface area contributed by atoms with Crippen molar-refractivity contribution in [1.82, 2.24) is 5.32 Å². The molecule has 0 saturated carbocycles. The van der Waals surface area contributed by atoms with Crippen molar-refractivity contribution in [2.45, 2.75) is 13.8 Å². The average Bonchev–Trinajstić information content (AvgIpc) is 2.78. The van der Waals surface area contributed by atoms with E-state index in [4.69, 9.17) is 5.26 Å². The van der Waals surface area contributed by atoms with Crippen LogP contribution >= 0.6 is 0 Å². The maximum Gasteiger partial charge on any atom is 0.414 e. The van der Waals surface area contributed by atoms with E-state index >= 15 is 0 Å². The summed E-state index contributed by atoms with van der Waals surface area (Å²) in [4.78, 5) is 33.5. The second-order valence-electron chi connectivity index (χ2n) is 6.18. The van der Waals surface area contributed by atoms with Gasteiger partial charge in [0.05, 0.1) is 22.9 Å². The predicted octanol–water partition coefficient (Wildman–Crippen LogP) is 3.52. The van der Waals surface area contributed by atoms with Crippen LogP contribution in [0.4, 0.5) is 21.9 Å². The highest BCUT2D eigenvalue weighted by molar-refractivity contribution is 6.05. The van der Waals surface area contributed by atoms with Crippen LogP contribution in [0.1, 0.15) is 19.4 Å². The first kappa shape index (κ1) is 23.6. The molecule has 0 saturated heterocycles. The Morgan fingerprint density at radius 2 is 1.94 bits per heavy atom. The van der Waals surface area contributed by atoms with Crippen LogP contribution in [0.3, 0.4) is 0 Å². The zero-order valence-electron chi connectivity index (χ0n) is 17.3. The number of nitrogens with zero attached hydrogens (tertiary/aromatic N) is 3. The Morgan fingerprint density at radius 3 is 2.56 bits per heavy atom. The molecule has 0 spiro atoms. The fourth-order valence-corrected chi connectivity index (χ4v) is 2.34. The highest BCUT2D eigenvalue weighted by Crippen LogP contribution is 2.16. The van der Waals surface area contributed by atoms with E-state index in [9.17, 15) is 19.7 Å². The molecule has 2 amide bonds. The van der Waals surface area contributed by atoms with Crippen molar-refractivity contribution < 1.29 is 19.2 Å². The number of ether oxygens (including phenoxy) is 1. The largest absolute Gasteiger partial charge is 0.450 e. The standard InChI is InChI=1S/C21H20N6O5/c1-3-32-21(29)24-20(28)16(12-22)13-23-18-6-4-5-15(11-18)14(2)25-26-17-7-9-19(10-8-17)27(30)31/h4-11,13,23,26H,3H2,1-2H3,(H,24,28,29)/b16-13+,25-14-. The summed E-state index contributed by atoms with van der Waals surface area (Å²) < 4.78 is 4.61. The van der Waals surface area contributed by atoms with Gasteiger partial charge in [-0.25, -0.2) is 4.79 Å². The summed E-state index contributed by atoms with van der Waals surface area (Å²) in [7, 11) is 0. The lowest BCUT2D eigenvalue weighted by Gasteiger charge is -2.07. The van der Waals surface area contributed by atoms with Gasteiger partial charge in [-0.3, -0.25) is 25.7 Å². The summed E-state index contributed by atoms with van der Waals surface area (Å²) in [5.74, 6) is -0.889. The minimum absolute atomic E-state index is 0.0178. The van der Waals surface area contributed by atoms with Gasteiger partial charge < -0.3 is 10.1 Å². The molecule has 0 unspecified atom stereocenters. The zero-order valence-corrected chi connectivity index (χ0v) is 17.3. The maximum atomic E-state index is 11.9. The van der Waals surface area contributed by atoms with Gasteiger partial charge in [-0.15, -0.1) is 0 Å². The molecule has 32 heavy (non-hydrogen) atoms. The Balaban J connectivity index is 2.06. The molecule has 164 valence electrons. The number of anilines is 2. The lowest BCUT2D eigenvalue weighted by atomic mass is 10.1. The fraction of sp³-hybridized carbons (Fsp3) is 0.143. The molecular formula is C21H20N6O5. The van der Waals surface area contributed by atoms with Crippen molar-refractivity contribution in [1.29, 1.82) is 5.26 Å². The molecule has 2 aromatic rings. The number of hydrazone groups is 1. The molecule has 0 aliphatic carbocycles. The van der Waals surface area contributed by atoms with E-state index in [0.29, 0.717) is 17.1 Å². The first-order valence-electron chi connectivity index (χ1n) is 9.34. The number of alkyl carbamates (subject to hydrolysis) is 1. The molecule has 11 heteroatoms. The monoisotopic (exact) mass is 436 g/mol. The van der Waals surface area contributed by atoms with Crippen LogP contribution in [0.25, 0.3) is 0 Å². The van der Waals surface area contributed by atoms with Gasteiger partial charge in [0.1, 0.15) is 11.6 Å². The number of nitrogens with one attached hydrogen (secondary N) is 3. The summed E-state index contributed by atoms with van der Waals surface area (Å²) >= 11 is 0. The van der Waals surface area contributed by atoms with Crippen LogP contribution in [-0.2, 0) is 9.53 Å². The number of amides is 2. The maximum absolute atomic E-state index is 11.9. The quantitative estimate of drug-likeness (QED) is 0.186. The number of rotatable bonds is 8. The van der Waals surface area contributed by atoms with E-state index in [2.05, 4.69) is 20.6 Å². The second-order valence-corrected chi connectivity index (χ2v) is 6.18. The molecule has 2 rings (SSSR count). The molecule has 0 bridgehead atoms. The summed E-state index contributed by atoms with van der Waals surface area (Å²) in [6.07, 6.45) is 0.239. The Labute approximate surface area is 183 Å². The van der Waals surface area contributed by atoms with E-state index < -0.39 is 16.9 Å². The van der Waals surface area contributed by atoms with E-state index in [1.165, 1.54) is 18.3 Å². The van der Waals surface area contributed by atoms with Crippen LogP contribution in [0.15, 0.2) is 65.4 Å². The van der Waals surface area contributed by atoms with Crippen LogP contribution in [0, 0.1) is 21.4 Å². The molecule has 3 N–H and O–H groups in total. The number of carbonyl (C=O) groups is 2. The number of nitro groups is 1. The molecule has 0 aliphatic rings. The highest BCUT2D eigenvalue weighted by atomic mass is 16.6. The molecule has 0 aliphatic heterocycles. The highest BCUT2D eigenvalue weighted by Gasteiger charge is 2.13. The van der Waals surface area contributed by atoms with E-state index in [1.54, 1.807) is 50.2 Å². The van der Waals surface area contributed by atoms with Gasteiger partial charge >= 0.3 is 6.09 Å². The fourth-order valence-electron chi connectivity index (χ4n) is 2.34. The van der Waals surface area contributed by atoms with Crippen molar-refractivity contribution in [3.63, 3.8) is 0 Å². The van der Waals surface area contributed by atoms with Gasteiger partial charge in [-0.2, -0.15) is 10.4 Å². The summed E-state index contributed by atoms with van der Waals surface area (Å²) in [5, 5.41) is 28.9. The van der Waals surface area contributed by atoms with E-state index in [-0.39, 0.29) is 17.9 Å². The first-order chi connectivity index (χ1) is 15.3. The topological polar surface area (TPSA) is 159 Å². The number of nitro benzene ring substituents is 1. The van der Waals surface area contributed by atoms with Crippen LogP contribution < -0.4 is 16.1 Å². The van der Waals surface area contributed by atoms with Gasteiger partial charge in [0.2, 0.25) is 0 Å². The minimum atomic E-state index is -0.937. The predicted molar refractivity (Wildman–Crippen MR) is 118 cm³/mol. The molecule has 0 radical (unpaired) electrons. The number of imide groups is 1. The number of hydrogen-bond acceptors (Lipinski definition) is 9. The van der Waals surface area contributed by atoms with Crippen LogP contribution in [0.2, 0.25) is 0 Å². The lowest BCUT2D eigenvalue weighted by Crippen LogP contribution is -2.32. The molecule has 0 atom stereocenters. The third kappa shape index (κ3) is 6.96. The lowest BCUT2D eigenvalue weighted by molar-refractivity contribution is -0.384. The SMILES string of the molecule is CCOC(=O)NC(=O)/C(C#N)=C/Nc1cccc(/C(C)=N\Nc2ccc([N+](=O)[O-])cc2)c1. The molecule has 11 nitrogen and oxygen atoms in total. The Bertz CT molecular complexity index is 1100. The number of non-ortho nitro benzene ring substituents is 1. The first-order valence-corrected chi connectivity index (χ1v) is 9.34. The molecular weight excluding hydrogens is 416 g/mol.